The van der Waals surface area contributed by atoms with Crippen LogP contribution in [-0.4, -0.2) is 34.6 Å². The highest BCUT2D eigenvalue weighted by Gasteiger charge is 2.13. The van der Waals surface area contributed by atoms with Crippen molar-refractivity contribution in [2.75, 3.05) is 11.0 Å². The molecule has 0 unspecified atom stereocenters. The molecule has 3 rings (SSSR count). The summed E-state index contributed by atoms with van der Waals surface area (Å²) in [7, 11) is -1.51. The zero-order valence-electron chi connectivity index (χ0n) is 11.9. The fourth-order valence-electron chi connectivity index (χ4n) is 1.93. The number of hydrogen-bond donors (Lipinski definition) is 1. The second-order valence-electron chi connectivity index (χ2n) is 4.71. The number of benzene rings is 1. The molecule has 0 aliphatic carbocycles. The Morgan fingerprint density at radius 2 is 1.91 bits per heavy atom. The van der Waals surface area contributed by atoms with Crippen LogP contribution in [0.3, 0.4) is 0 Å². The van der Waals surface area contributed by atoms with E-state index >= 15 is 0 Å². The molecule has 0 bridgehead atoms. The Balaban J connectivity index is 1.86. The second kappa shape index (κ2) is 5.26. The van der Waals surface area contributed by atoms with Gasteiger partial charge in [-0.2, -0.15) is 10.1 Å². The molecule has 22 heavy (non-hydrogen) atoms. The zero-order valence-corrected chi connectivity index (χ0v) is 12.7. The lowest BCUT2D eigenvalue weighted by atomic mass is 10.2. The van der Waals surface area contributed by atoms with Crippen LogP contribution in [0, 0.1) is 0 Å². The minimum atomic E-state index is -3.29. The lowest BCUT2D eigenvalue weighted by Gasteiger charge is -2.03. The summed E-state index contributed by atoms with van der Waals surface area (Å²) in [5, 5.41) is 7.97. The molecule has 114 valence electrons. The summed E-state index contributed by atoms with van der Waals surface area (Å²) in [6, 6.07) is 8.47. The Bertz CT molecular complexity index is 896. The van der Waals surface area contributed by atoms with E-state index in [1.54, 1.807) is 48.3 Å². The summed E-state index contributed by atoms with van der Waals surface area (Å²) in [5.74, 6) is 0.787. The van der Waals surface area contributed by atoms with Crippen LogP contribution in [-0.2, 0) is 17.1 Å². The van der Waals surface area contributed by atoms with Gasteiger partial charge in [-0.15, -0.1) is 0 Å². The highest BCUT2D eigenvalue weighted by Crippen LogP contribution is 2.23. The number of rotatable bonds is 4. The van der Waals surface area contributed by atoms with Crippen LogP contribution >= 0.6 is 0 Å². The summed E-state index contributed by atoms with van der Waals surface area (Å²) in [6.07, 6.45) is 2.74. The number of nitrogens with one attached hydrogen (secondary N) is 1. The number of anilines is 1. The molecule has 0 aliphatic rings. The first-order chi connectivity index (χ1) is 10.4. The molecule has 3 aromatic rings. The molecular weight excluding hydrogens is 306 g/mol. The Morgan fingerprint density at radius 1 is 1.18 bits per heavy atom. The molecule has 1 N–H and O–H groups in total. The van der Waals surface area contributed by atoms with E-state index < -0.39 is 10.0 Å². The standard InChI is InChI=1S/C13H13N5O3S/c1-18-11(7-8-14-18)13-15-12(16-21-13)9-3-5-10(6-4-9)17-22(2,19)20/h3-8,17H,1-2H3. The van der Waals surface area contributed by atoms with Gasteiger partial charge in [0.25, 0.3) is 5.89 Å². The Morgan fingerprint density at radius 3 is 2.50 bits per heavy atom. The van der Waals surface area contributed by atoms with Crippen molar-refractivity contribution in [1.82, 2.24) is 19.9 Å². The van der Waals surface area contributed by atoms with Crippen molar-refractivity contribution in [3.05, 3.63) is 36.5 Å². The third kappa shape index (κ3) is 2.98. The molecule has 0 saturated heterocycles. The first-order valence-electron chi connectivity index (χ1n) is 6.33. The summed E-state index contributed by atoms with van der Waals surface area (Å²) < 4.78 is 31.6. The van der Waals surface area contributed by atoms with Crippen LogP contribution in [0.5, 0.6) is 0 Å². The molecule has 0 aliphatic heterocycles. The van der Waals surface area contributed by atoms with E-state index in [1.165, 1.54) is 0 Å². The minimum absolute atomic E-state index is 0.369. The molecule has 0 radical (unpaired) electrons. The van der Waals surface area contributed by atoms with Crippen LogP contribution in [0.2, 0.25) is 0 Å². The molecule has 9 heteroatoms. The maximum atomic E-state index is 11.2. The van der Waals surface area contributed by atoms with Crippen molar-refractivity contribution in [2.45, 2.75) is 0 Å². The lowest BCUT2D eigenvalue weighted by Crippen LogP contribution is -2.09. The predicted molar refractivity (Wildman–Crippen MR) is 80.4 cm³/mol. The van der Waals surface area contributed by atoms with Gasteiger partial charge in [0.05, 0.1) is 6.26 Å². The number of hydrogen-bond acceptors (Lipinski definition) is 6. The Kier molecular flexibility index (Phi) is 3.41. The molecule has 0 amide bonds. The van der Waals surface area contributed by atoms with Gasteiger partial charge in [-0.05, 0) is 30.3 Å². The van der Waals surface area contributed by atoms with Crippen LogP contribution in [0.25, 0.3) is 23.0 Å². The zero-order chi connectivity index (χ0) is 15.7. The number of nitrogens with zero attached hydrogens (tertiary/aromatic N) is 4. The van der Waals surface area contributed by atoms with Crippen molar-refractivity contribution in [1.29, 1.82) is 0 Å². The third-order valence-corrected chi connectivity index (χ3v) is 3.52. The van der Waals surface area contributed by atoms with E-state index in [-0.39, 0.29) is 0 Å². The van der Waals surface area contributed by atoms with Crippen molar-refractivity contribution in [2.24, 2.45) is 7.05 Å². The molecular formula is C13H13N5O3S. The van der Waals surface area contributed by atoms with Crippen LogP contribution in [0.15, 0.2) is 41.1 Å². The smallest absolute Gasteiger partial charge is 0.276 e. The summed E-state index contributed by atoms with van der Waals surface area (Å²) in [6.45, 7) is 0. The van der Waals surface area contributed by atoms with E-state index in [9.17, 15) is 8.42 Å². The molecule has 1 aromatic carbocycles. The van der Waals surface area contributed by atoms with Gasteiger partial charge in [-0.25, -0.2) is 8.42 Å². The largest absolute Gasteiger partial charge is 0.332 e. The van der Waals surface area contributed by atoms with Gasteiger partial charge in [0.1, 0.15) is 5.69 Å². The summed E-state index contributed by atoms with van der Waals surface area (Å²) >= 11 is 0. The van der Waals surface area contributed by atoms with E-state index in [1.807, 2.05) is 0 Å². The Hall–Kier alpha value is -2.68. The quantitative estimate of drug-likeness (QED) is 0.782. The van der Waals surface area contributed by atoms with Crippen LogP contribution in [0.4, 0.5) is 5.69 Å². The fraction of sp³-hybridized carbons (Fsp3) is 0.154. The molecule has 0 spiro atoms. The van der Waals surface area contributed by atoms with E-state index in [0.29, 0.717) is 23.1 Å². The van der Waals surface area contributed by atoms with Gasteiger partial charge in [0, 0.05) is 24.5 Å². The first-order valence-corrected chi connectivity index (χ1v) is 8.22. The molecule has 8 nitrogen and oxygen atoms in total. The van der Waals surface area contributed by atoms with Gasteiger partial charge in [0.2, 0.25) is 15.8 Å². The Labute approximate surface area is 126 Å². The van der Waals surface area contributed by atoms with Gasteiger partial charge >= 0.3 is 0 Å². The third-order valence-electron chi connectivity index (χ3n) is 2.91. The molecule has 2 heterocycles. The average Bonchev–Trinajstić information content (AvgIpc) is 3.06. The first kappa shape index (κ1) is 14.3. The average molecular weight is 319 g/mol. The summed E-state index contributed by atoms with van der Waals surface area (Å²) in [5.41, 5.74) is 1.91. The number of aromatic nitrogens is 4. The van der Waals surface area contributed by atoms with Crippen molar-refractivity contribution in [3.8, 4) is 23.0 Å². The van der Waals surface area contributed by atoms with Gasteiger partial charge in [-0.3, -0.25) is 9.40 Å². The normalized spacial score (nSPS) is 11.5. The van der Waals surface area contributed by atoms with E-state index in [4.69, 9.17) is 4.52 Å². The minimum Gasteiger partial charge on any atom is -0.332 e. The van der Waals surface area contributed by atoms with Crippen LogP contribution in [0.1, 0.15) is 0 Å². The highest BCUT2D eigenvalue weighted by molar-refractivity contribution is 7.92. The molecule has 0 atom stereocenters. The second-order valence-corrected chi connectivity index (χ2v) is 6.46. The van der Waals surface area contributed by atoms with E-state index in [0.717, 1.165) is 11.8 Å². The van der Waals surface area contributed by atoms with Gasteiger partial charge < -0.3 is 4.52 Å². The highest BCUT2D eigenvalue weighted by atomic mass is 32.2. The molecule has 0 saturated carbocycles. The van der Waals surface area contributed by atoms with Crippen molar-refractivity contribution < 1.29 is 12.9 Å². The SMILES string of the molecule is Cn1nccc1-c1nc(-c2ccc(NS(C)(=O)=O)cc2)no1. The van der Waals surface area contributed by atoms with Crippen LogP contribution < -0.4 is 4.72 Å². The molecule has 0 fully saturated rings. The van der Waals surface area contributed by atoms with Crippen molar-refractivity contribution >= 4 is 15.7 Å². The predicted octanol–water partition coefficient (Wildman–Crippen LogP) is 1.51. The van der Waals surface area contributed by atoms with Gasteiger partial charge in [-0.1, -0.05) is 5.16 Å². The maximum Gasteiger partial charge on any atom is 0.276 e. The lowest BCUT2D eigenvalue weighted by molar-refractivity contribution is 0.428. The van der Waals surface area contributed by atoms with Crippen molar-refractivity contribution in [3.63, 3.8) is 0 Å². The fourth-order valence-corrected chi connectivity index (χ4v) is 2.49. The summed E-state index contributed by atoms with van der Waals surface area (Å²) in [4.78, 5) is 4.31. The molecule has 2 aromatic heterocycles. The number of aryl methyl sites for hydroxylation is 1. The number of sulfonamides is 1. The van der Waals surface area contributed by atoms with E-state index in [2.05, 4.69) is 20.0 Å². The topological polar surface area (TPSA) is 103 Å². The maximum absolute atomic E-state index is 11.2. The monoisotopic (exact) mass is 319 g/mol. The van der Waals surface area contributed by atoms with Gasteiger partial charge in [0.15, 0.2) is 0 Å².